The highest BCUT2D eigenvalue weighted by atomic mass is 16.6. The number of H-pyrrole nitrogens is 1. The zero-order valence-electron chi connectivity index (χ0n) is 10.8. The van der Waals surface area contributed by atoms with E-state index in [4.69, 9.17) is 4.74 Å². The summed E-state index contributed by atoms with van der Waals surface area (Å²) in [6.45, 7) is 2.58. The third-order valence-electron chi connectivity index (χ3n) is 2.81. The van der Waals surface area contributed by atoms with Crippen molar-refractivity contribution in [2.75, 3.05) is 13.2 Å². The number of hydrogen-bond acceptors (Lipinski definition) is 5. The Hall–Kier alpha value is -2.18. The van der Waals surface area contributed by atoms with E-state index in [1.807, 2.05) is 0 Å². The lowest BCUT2D eigenvalue weighted by Gasteiger charge is -2.04. The standard InChI is InChI=1S/C12H16N4O3/c1-2-3-6-19-12-11-10(14-8-15-12)9(7-13-11)4-5-16(17)18/h7-8,13H,2-6H2,1H3. The van der Waals surface area contributed by atoms with Crippen molar-refractivity contribution in [2.24, 2.45) is 0 Å². The maximum atomic E-state index is 10.4. The molecule has 0 aliphatic carbocycles. The number of ether oxygens (including phenoxy) is 1. The maximum Gasteiger partial charge on any atom is 0.241 e. The lowest BCUT2D eigenvalue weighted by Crippen LogP contribution is -2.04. The number of fused-ring (bicyclic) bond motifs is 1. The van der Waals surface area contributed by atoms with Crippen molar-refractivity contribution in [3.63, 3.8) is 0 Å². The van der Waals surface area contributed by atoms with Crippen LogP contribution in [-0.2, 0) is 6.42 Å². The Morgan fingerprint density at radius 2 is 2.32 bits per heavy atom. The summed E-state index contributed by atoms with van der Waals surface area (Å²) >= 11 is 0. The number of unbranched alkanes of at least 4 members (excludes halogenated alkanes) is 1. The summed E-state index contributed by atoms with van der Waals surface area (Å²) in [5.41, 5.74) is 2.22. The zero-order valence-corrected chi connectivity index (χ0v) is 10.8. The highest BCUT2D eigenvalue weighted by molar-refractivity contribution is 5.82. The molecule has 102 valence electrons. The minimum Gasteiger partial charge on any atom is -0.476 e. The van der Waals surface area contributed by atoms with Crippen LogP contribution in [0.25, 0.3) is 11.0 Å². The number of rotatable bonds is 7. The van der Waals surface area contributed by atoms with E-state index in [1.54, 1.807) is 6.20 Å². The van der Waals surface area contributed by atoms with Crippen LogP contribution in [0.3, 0.4) is 0 Å². The second kappa shape index (κ2) is 6.12. The Labute approximate surface area is 110 Å². The number of nitro groups is 1. The normalized spacial score (nSPS) is 10.8. The van der Waals surface area contributed by atoms with Crippen molar-refractivity contribution in [3.05, 3.63) is 28.2 Å². The second-order valence-electron chi connectivity index (χ2n) is 4.22. The maximum absolute atomic E-state index is 10.4. The van der Waals surface area contributed by atoms with Gasteiger partial charge in [0.1, 0.15) is 11.8 Å². The van der Waals surface area contributed by atoms with Crippen molar-refractivity contribution < 1.29 is 9.66 Å². The first kappa shape index (κ1) is 13.3. The summed E-state index contributed by atoms with van der Waals surface area (Å²) in [5.74, 6) is 0.505. The SMILES string of the molecule is CCCCOc1ncnc2c(CC[N+](=O)[O-])c[nH]c12. The van der Waals surface area contributed by atoms with Crippen LogP contribution in [0.2, 0.25) is 0 Å². The molecule has 0 fully saturated rings. The first-order chi connectivity index (χ1) is 9.22. The van der Waals surface area contributed by atoms with Crippen LogP contribution in [0.4, 0.5) is 0 Å². The molecule has 0 atom stereocenters. The molecule has 0 bridgehead atoms. The molecular weight excluding hydrogens is 248 g/mol. The van der Waals surface area contributed by atoms with E-state index in [1.165, 1.54) is 6.33 Å². The van der Waals surface area contributed by atoms with Gasteiger partial charge in [0, 0.05) is 23.1 Å². The van der Waals surface area contributed by atoms with Crippen LogP contribution >= 0.6 is 0 Å². The highest BCUT2D eigenvalue weighted by Gasteiger charge is 2.12. The fourth-order valence-corrected chi connectivity index (χ4v) is 1.80. The molecule has 19 heavy (non-hydrogen) atoms. The number of aromatic nitrogens is 3. The van der Waals surface area contributed by atoms with E-state index in [9.17, 15) is 10.1 Å². The second-order valence-corrected chi connectivity index (χ2v) is 4.22. The van der Waals surface area contributed by atoms with Crippen molar-refractivity contribution in [3.8, 4) is 5.88 Å². The van der Waals surface area contributed by atoms with Crippen molar-refractivity contribution in [2.45, 2.75) is 26.2 Å². The molecule has 0 radical (unpaired) electrons. The summed E-state index contributed by atoms with van der Waals surface area (Å²) in [7, 11) is 0. The topological polar surface area (TPSA) is 93.9 Å². The van der Waals surface area contributed by atoms with Crippen LogP contribution in [0.5, 0.6) is 5.88 Å². The smallest absolute Gasteiger partial charge is 0.241 e. The Balaban J connectivity index is 2.19. The van der Waals surface area contributed by atoms with Crippen molar-refractivity contribution in [1.82, 2.24) is 15.0 Å². The Morgan fingerprint density at radius 1 is 1.47 bits per heavy atom. The van der Waals surface area contributed by atoms with Crippen LogP contribution < -0.4 is 4.74 Å². The molecule has 2 heterocycles. The van der Waals surface area contributed by atoms with E-state index in [0.717, 1.165) is 18.4 Å². The fourth-order valence-electron chi connectivity index (χ4n) is 1.80. The quantitative estimate of drug-likeness (QED) is 0.468. The summed E-state index contributed by atoms with van der Waals surface area (Å²) in [6.07, 6.45) is 5.51. The first-order valence-electron chi connectivity index (χ1n) is 6.28. The van der Waals surface area contributed by atoms with Gasteiger partial charge >= 0.3 is 0 Å². The molecular formula is C12H16N4O3. The Morgan fingerprint density at radius 3 is 3.05 bits per heavy atom. The van der Waals surface area contributed by atoms with E-state index in [0.29, 0.717) is 29.9 Å². The Kier molecular flexibility index (Phi) is 4.27. The molecule has 0 amide bonds. The van der Waals surface area contributed by atoms with E-state index >= 15 is 0 Å². The lowest BCUT2D eigenvalue weighted by molar-refractivity contribution is -0.479. The number of hydrogen-bond donors (Lipinski definition) is 1. The van der Waals surface area contributed by atoms with Gasteiger partial charge in [-0.15, -0.1) is 0 Å². The predicted molar refractivity (Wildman–Crippen MR) is 69.9 cm³/mol. The summed E-state index contributed by atoms with van der Waals surface area (Å²) < 4.78 is 5.58. The van der Waals surface area contributed by atoms with Crippen LogP contribution in [0.15, 0.2) is 12.5 Å². The molecule has 7 nitrogen and oxygen atoms in total. The number of nitrogens with one attached hydrogen (secondary N) is 1. The molecule has 0 aromatic carbocycles. The van der Waals surface area contributed by atoms with Gasteiger partial charge in [0.15, 0.2) is 0 Å². The average Bonchev–Trinajstić information content (AvgIpc) is 2.81. The van der Waals surface area contributed by atoms with Crippen LogP contribution in [0.1, 0.15) is 25.3 Å². The molecule has 0 unspecified atom stereocenters. The largest absolute Gasteiger partial charge is 0.476 e. The number of nitrogens with zero attached hydrogens (tertiary/aromatic N) is 3. The van der Waals surface area contributed by atoms with Gasteiger partial charge in [-0.3, -0.25) is 10.1 Å². The number of aromatic amines is 1. The first-order valence-corrected chi connectivity index (χ1v) is 6.28. The molecule has 2 aromatic rings. The van der Waals surface area contributed by atoms with E-state index in [-0.39, 0.29) is 11.5 Å². The molecule has 0 aliphatic rings. The van der Waals surface area contributed by atoms with Gasteiger partial charge in [0.25, 0.3) is 0 Å². The van der Waals surface area contributed by atoms with Gasteiger partial charge in [0.2, 0.25) is 12.4 Å². The third kappa shape index (κ3) is 3.18. The minimum absolute atomic E-state index is 0.108. The van der Waals surface area contributed by atoms with Crippen LogP contribution in [0, 0.1) is 10.1 Å². The summed E-state index contributed by atoms with van der Waals surface area (Å²) in [4.78, 5) is 21.4. The molecule has 0 saturated carbocycles. The fraction of sp³-hybridized carbons (Fsp3) is 0.500. The van der Waals surface area contributed by atoms with Gasteiger partial charge in [0.05, 0.1) is 12.1 Å². The van der Waals surface area contributed by atoms with Gasteiger partial charge in [-0.25, -0.2) is 4.98 Å². The average molecular weight is 264 g/mol. The minimum atomic E-state index is -0.335. The van der Waals surface area contributed by atoms with Gasteiger partial charge in [-0.2, -0.15) is 4.98 Å². The molecule has 0 saturated heterocycles. The van der Waals surface area contributed by atoms with Crippen molar-refractivity contribution in [1.29, 1.82) is 0 Å². The van der Waals surface area contributed by atoms with Gasteiger partial charge < -0.3 is 9.72 Å². The monoisotopic (exact) mass is 264 g/mol. The zero-order chi connectivity index (χ0) is 13.7. The summed E-state index contributed by atoms with van der Waals surface area (Å²) in [6, 6.07) is 0. The molecule has 2 rings (SSSR count). The molecule has 0 aliphatic heterocycles. The summed E-state index contributed by atoms with van der Waals surface area (Å²) in [5, 5.41) is 10.4. The Bertz CT molecular complexity index is 567. The van der Waals surface area contributed by atoms with E-state index < -0.39 is 0 Å². The molecule has 7 heteroatoms. The molecule has 2 aromatic heterocycles. The van der Waals surface area contributed by atoms with Gasteiger partial charge in [-0.05, 0) is 6.42 Å². The predicted octanol–water partition coefficient (Wildman–Crippen LogP) is 1.96. The van der Waals surface area contributed by atoms with Crippen LogP contribution in [-0.4, -0.2) is 33.0 Å². The highest BCUT2D eigenvalue weighted by Crippen LogP contribution is 2.23. The van der Waals surface area contributed by atoms with Gasteiger partial charge in [-0.1, -0.05) is 13.3 Å². The third-order valence-corrected chi connectivity index (χ3v) is 2.81. The van der Waals surface area contributed by atoms with E-state index in [2.05, 4.69) is 21.9 Å². The molecule has 1 N–H and O–H groups in total. The molecule has 0 spiro atoms. The van der Waals surface area contributed by atoms with Crippen molar-refractivity contribution >= 4 is 11.0 Å². The lowest BCUT2D eigenvalue weighted by atomic mass is 10.2.